The van der Waals surface area contributed by atoms with Crippen LogP contribution in [0.4, 0.5) is 4.39 Å². The van der Waals surface area contributed by atoms with Crippen LogP contribution in [0.3, 0.4) is 0 Å². The van der Waals surface area contributed by atoms with E-state index in [-0.39, 0.29) is 5.82 Å². The number of halogens is 4. The lowest BCUT2D eigenvalue weighted by Gasteiger charge is -2.15. The summed E-state index contributed by atoms with van der Waals surface area (Å²) in [6.07, 6.45) is -0.817. The predicted octanol–water partition coefficient (Wildman–Crippen LogP) is 5.50. The topological polar surface area (TPSA) is 20.2 Å². The van der Waals surface area contributed by atoms with Crippen molar-refractivity contribution in [2.24, 2.45) is 0 Å². The molecule has 0 amide bonds. The normalized spacial score (nSPS) is 12.5. The van der Waals surface area contributed by atoms with Crippen molar-refractivity contribution in [1.82, 2.24) is 0 Å². The van der Waals surface area contributed by atoms with E-state index in [1.165, 1.54) is 6.07 Å². The number of aliphatic hydroxyl groups is 1. The third-order valence-electron chi connectivity index (χ3n) is 2.83. The minimum Gasteiger partial charge on any atom is -0.384 e. The fourth-order valence-electron chi connectivity index (χ4n) is 1.73. The van der Waals surface area contributed by atoms with E-state index in [0.717, 1.165) is 20.1 Å². The zero-order valence-corrected chi connectivity index (χ0v) is 14.7. The molecule has 5 heteroatoms. The maximum absolute atomic E-state index is 13.2. The lowest BCUT2D eigenvalue weighted by molar-refractivity contribution is 0.219. The summed E-state index contributed by atoms with van der Waals surface area (Å²) >= 11 is 10.0. The maximum atomic E-state index is 13.2. The second kappa shape index (κ2) is 6.04. The van der Waals surface area contributed by atoms with Gasteiger partial charge in [0.25, 0.3) is 0 Å². The quantitative estimate of drug-likeness (QED) is 0.637. The van der Waals surface area contributed by atoms with E-state index in [0.29, 0.717) is 10.0 Å². The summed E-state index contributed by atoms with van der Waals surface area (Å²) < 4.78 is 15.3. The summed E-state index contributed by atoms with van der Waals surface area (Å²) in [5.41, 5.74) is 2.43. The largest absolute Gasteiger partial charge is 0.384 e. The van der Waals surface area contributed by atoms with Crippen LogP contribution in [0.25, 0.3) is 0 Å². The Bertz CT molecular complexity index is 628. The van der Waals surface area contributed by atoms with E-state index in [2.05, 4.69) is 47.8 Å². The van der Waals surface area contributed by atoms with E-state index >= 15 is 0 Å². The third-order valence-corrected chi connectivity index (χ3v) is 4.98. The van der Waals surface area contributed by atoms with Crippen molar-refractivity contribution >= 4 is 47.8 Å². The van der Waals surface area contributed by atoms with Gasteiger partial charge < -0.3 is 5.11 Å². The van der Waals surface area contributed by atoms with Crippen molar-refractivity contribution in [1.29, 1.82) is 0 Å². The SMILES string of the molecule is Cc1cc(Br)c(C(O)c2ccc(F)c(Br)c2)cc1Br. The van der Waals surface area contributed by atoms with E-state index in [1.807, 2.05) is 19.1 Å². The van der Waals surface area contributed by atoms with Gasteiger partial charge in [0, 0.05) is 14.5 Å². The Labute approximate surface area is 136 Å². The first-order chi connectivity index (χ1) is 8.90. The minimum atomic E-state index is -0.817. The Hall–Kier alpha value is -0.230. The standard InChI is InChI=1S/C14H10Br3FO/c1-7-4-11(16)9(6-10(7)15)14(19)8-2-3-13(18)12(17)5-8/h2-6,14,19H,1H3. The van der Waals surface area contributed by atoms with Gasteiger partial charge in [-0.2, -0.15) is 0 Å². The first-order valence-electron chi connectivity index (χ1n) is 5.48. The van der Waals surface area contributed by atoms with Crippen molar-refractivity contribution in [2.45, 2.75) is 13.0 Å². The fraction of sp³-hybridized carbons (Fsp3) is 0.143. The van der Waals surface area contributed by atoms with Crippen molar-refractivity contribution < 1.29 is 9.50 Å². The second-order valence-electron chi connectivity index (χ2n) is 4.20. The number of rotatable bonds is 2. The van der Waals surface area contributed by atoms with Crippen molar-refractivity contribution in [3.05, 3.63) is 66.3 Å². The molecule has 1 nitrogen and oxygen atoms in total. The van der Waals surface area contributed by atoms with Crippen LogP contribution in [0.15, 0.2) is 43.7 Å². The van der Waals surface area contributed by atoms with Gasteiger partial charge in [-0.05, 0) is 58.2 Å². The summed E-state index contributed by atoms with van der Waals surface area (Å²) in [5.74, 6) is -0.347. The first kappa shape index (κ1) is 15.2. The molecule has 0 aliphatic carbocycles. The van der Waals surface area contributed by atoms with Gasteiger partial charge in [-0.15, -0.1) is 0 Å². The molecule has 1 atom stereocenters. The van der Waals surface area contributed by atoms with E-state index in [1.54, 1.807) is 12.1 Å². The van der Waals surface area contributed by atoms with Gasteiger partial charge in [0.1, 0.15) is 11.9 Å². The molecule has 0 aliphatic rings. The van der Waals surface area contributed by atoms with Crippen LogP contribution in [-0.4, -0.2) is 5.11 Å². The lowest BCUT2D eigenvalue weighted by atomic mass is 10.0. The van der Waals surface area contributed by atoms with E-state index in [9.17, 15) is 9.50 Å². The first-order valence-corrected chi connectivity index (χ1v) is 7.86. The van der Waals surface area contributed by atoms with Crippen LogP contribution in [0, 0.1) is 12.7 Å². The average Bonchev–Trinajstić information content (AvgIpc) is 2.36. The molecular weight excluding hydrogens is 443 g/mol. The number of hydrogen-bond acceptors (Lipinski definition) is 1. The smallest absolute Gasteiger partial charge is 0.137 e. The molecular formula is C14H10Br3FO. The fourth-order valence-corrected chi connectivity index (χ4v) is 3.17. The molecule has 2 aromatic rings. The molecule has 19 heavy (non-hydrogen) atoms. The highest BCUT2D eigenvalue weighted by molar-refractivity contribution is 9.11. The molecule has 0 fully saturated rings. The molecule has 0 radical (unpaired) electrons. The van der Waals surface area contributed by atoms with Crippen LogP contribution in [0.2, 0.25) is 0 Å². The van der Waals surface area contributed by atoms with Gasteiger partial charge in [-0.1, -0.05) is 37.9 Å². The Morgan fingerprint density at radius 2 is 1.68 bits per heavy atom. The summed E-state index contributed by atoms with van der Waals surface area (Å²) in [7, 11) is 0. The number of benzene rings is 2. The number of aryl methyl sites for hydroxylation is 1. The van der Waals surface area contributed by atoms with Crippen molar-refractivity contribution in [3.8, 4) is 0 Å². The van der Waals surface area contributed by atoms with Gasteiger partial charge in [-0.3, -0.25) is 0 Å². The third kappa shape index (κ3) is 3.27. The predicted molar refractivity (Wildman–Crippen MR) is 84.7 cm³/mol. The summed E-state index contributed by atoms with van der Waals surface area (Å²) in [5, 5.41) is 10.4. The average molecular weight is 453 g/mol. The summed E-state index contributed by atoms with van der Waals surface area (Å²) in [6, 6.07) is 8.29. The van der Waals surface area contributed by atoms with Gasteiger partial charge >= 0.3 is 0 Å². The Balaban J connectivity index is 2.46. The highest BCUT2D eigenvalue weighted by atomic mass is 79.9. The molecule has 2 rings (SSSR count). The van der Waals surface area contributed by atoms with Gasteiger partial charge in [-0.25, -0.2) is 4.39 Å². The summed E-state index contributed by atoms with van der Waals surface area (Å²) in [4.78, 5) is 0. The van der Waals surface area contributed by atoms with Crippen LogP contribution in [0.1, 0.15) is 22.8 Å². The molecule has 0 aliphatic heterocycles. The molecule has 2 aromatic carbocycles. The zero-order valence-electron chi connectivity index (χ0n) is 9.92. The molecule has 0 heterocycles. The van der Waals surface area contributed by atoms with Crippen LogP contribution >= 0.6 is 47.8 Å². The van der Waals surface area contributed by atoms with Crippen LogP contribution < -0.4 is 0 Å². The molecule has 0 bridgehead atoms. The Kier molecular flexibility index (Phi) is 4.82. The monoisotopic (exact) mass is 450 g/mol. The molecule has 1 N–H and O–H groups in total. The zero-order chi connectivity index (χ0) is 14.2. The minimum absolute atomic E-state index is 0.339. The van der Waals surface area contributed by atoms with Crippen molar-refractivity contribution in [2.75, 3.05) is 0 Å². The van der Waals surface area contributed by atoms with E-state index in [4.69, 9.17) is 0 Å². The molecule has 0 saturated carbocycles. The molecule has 0 aromatic heterocycles. The lowest BCUT2D eigenvalue weighted by Crippen LogP contribution is -2.02. The number of aliphatic hydroxyl groups excluding tert-OH is 1. The molecule has 100 valence electrons. The van der Waals surface area contributed by atoms with Gasteiger partial charge in [0.05, 0.1) is 4.47 Å². The second-order valence-corrected chi connectivity index (χ2v) is 6.76. The molecule has 0 saturated heterocycles. The Morgan fingerprint density at radius 3 is 2.32 bits per heavy atom. The maximum Gasteiger partial charge on any atom is 0.137 e. The van der Waals surface area contributed by atoms with Gasteiger partial charge in [0.15, 0.2) is 0 Å². The van der Waals surface area contributed by atoms with Crippen LogP contribution in [0.5, 0.6) is 0 Å². The molecule has 0 spiro atoms. The number of hydrogen-bond donors (Lipinski definition) is 1. The highest BCUT2D eigenvalue weighted by Gasteiger charge is 2.16. The van der Waals surface area contributed by atoms with Crippen LogP contribution in [-0.2, 0) is 0 Å². The van der Waals surface area contributed by atoms with E-state index < -0.39 is 6.10 Å². The summed E-state index contributed by atoms with van der Waals surface area (Å²) in [6.45, 7) is 1.97. The molecule has 1 unspecified atom stereocenters. The highest BCUT2D eigenvalue weighted by Crippen LogP contribution is 2.34. The van der Waals surface area contributed by atoms with Crippen molar-refractivity contribution in [3.63, 3.8) is 0 Å². The van der Waals surface area contributed by atoms with Gasteiger partial charge in [0.2, 0.25) is 0 Å². The Morgan fingerprint density at radius 1 is 1.00 bits per heavy atom.